The minimum Gasteiger partial charge on any atom is -0.508 e. The van der Waals surface area contributed by atoms with Gasteiger partial charge < -0.3 is 16.2 Å². The summed E-state index contributed by atoms with van der Waals surface area (Å²) in [5.41, 5.74) is 6.49. The fourth-order valence-corrected chi connectivity index (χ4v) is 3.88. The number of piperidine rings is 1. The van der Waals surface area contributed by atoms with Crippen molar-refractivity contribution < 1.29 is 9.90 Å². The van der Waals surface area contributed by atoms with Gasteiger partial charge in [-0.3, -0.25) is 4.90 Å². The number of hydrogen-bond donors (Lipinski definition) is 3. The molecule has 0 saturated carbocycles. The highest BCUT2D eigenvalue weighted by atomic mass is 16.3. The maximum Gasteiger partial charge on any atom is 0.312 e. The van der Waals surface area contributed by atoms with Gasteiger partial charge in [0.05, 0.1) is 0 Å². The monoisotopic (exact) mass is 289 g/mol. The van der Waals surface area contributed by atoms with Gasteiger partial charge in [-0.15, -0.1) is 0 Å². The molecule has 1 aromatic carbocycles. The van der Waals surface area contributed by atoms with E-state index < -0.39 is 6.03 Å². The van der Waals surface area contributed by atoms with E-state index in [1.54, 1.807) is 12.1 Å². The lowest BCUT2D eigenvalue weighted by Gasteiger charge is -2.39. The molecule has 2 saturated heterocycles. The average molecular weight is 289 g/mol. The van der Waals surface area contributed by atoms with Gasteiger partial charge in [-0.1, -0.05) is 12.1 Å². The maximum atomic E-state index is 11.0. The van der Waals surface area contributed by atoms with Gasteiger partial charge in [0.15, 0.2) is 0 Å². The van der Waals surface area contributed by atoms with Crippen molar-refractivity contribution in [2.45, 2.75) is 50.2 Å². The number of amides is 2. The molecule has 2 heterocycles. The number of carbonyl (C=O) groups excluding carboxylic acids is 1. The highest BCUT2D eigenvalue weighted by molar-refractivity contribution is 5.72. The lowest BCUT2D eigenvalue weighted by atomic mass is 9.96. The summed E-state index contributed by atoms with van der Waals surface area (Å²) >= 11 is 0. The molecule has 1 unspecified atom stereocenters. The van der Waals surface area contributed by atoms with Crippen LogP contribution in [0.3, 0.4) is 0 Å². The van der Waals surface area contributed by atoms with Crippen molar-refractivity contribution in [3.63, 3.8) is 0 Å². The van der Waals surface area contributed by atoms with Crippen LogP contribution in [0.4, 0.5) is 4.79 Å². The summed E-state index contributed by atoms with van der Waals surface area (Å²) in [5, 5.41) is 12.2. The van der Waals surface area contributed by atoms with Crippen LogP contribution in [0.25, 0.3) is 0 Å². The van der Waals surface area contributed by atoms with Crippen LogP contribution in [-0.4, -0.2) is 40.7 Å². The minimum absolute atomic E-state index is 0.241. The Balaban J connectivity index is 1.55. The molecular weight excluding hydrogens is 266 g/mol. The van der Waals surface area contributed by atoms with Crippen molar-refractivity contribution in [3.8, 4) is 5.75 Å². The molecule has 0 aromatic heterocycles. The van der Waals surface area contributed by atoms with Crippen molar-refractivity contribution in [2.75, 3.05) is 6.54 Å². The number of urea groups is 1. The Bertz CT molecular complexity index is 489. The van der Waals surface area contributed by atoms with Crippen molar-refractivity contribution in [3.05, 3.63) is 29.8 Å². The van der Waals surface area contributed by atoms with Gasteiger partial charge >= 0.3 is 6.03 Å². The molecule has 3 rings (SSSR count). The second-order valence-corrected chi connectivity index (χ2v) is 6.22. The molecule has 5 nitrogen and oxygen atoms in total. The van der Waals surface area contributed by atoms with Gasteiger partial charge in [0.25, 0.3) is 0 Å². The summed E-state index contributed by atoms with van der Waals surface area (Å²) in [6.07, 6.45) is 5.46. The van der Waals surface area contributed by atoms with E-state index in [-0.39, 0.29) is 6.04 Å². The number of hydrogen-bond acceptors (Lipinski definition) is 3. The number of primary amides is 1. The first-order chi connectivity index (χ1) is 10.1. The lowest BCUT2D eigenvalue weighted by molar-refractivity contribution is 0.121. The van der Waals surface area contributed by atoms with E-state index in [2.05, 4.69) is 10.2 Å². The molecule has 3 atom stereocenters. The Morgan fingerprint density at radius 2 is 1.86 bits per heavy atom. The second-order valence-electron chi connectivity index (χ2n) is 6.22. The van der Waals surface area contributed by atoms with Crippen LogP contribution in [0.1, 0.15) is 31.2 Å². The maximum absolute atomic E-state index is 11.0. The van der Waals surface area contributed by atoms with Crippen molar-refractivity contribution >= 4 is 6.03 Å². The first kappa shape index (κ1) is 14.2. The number of aromatic hydroxyl groups is 1. The first-order valence-electron chi connectivity index (χ1n) is 7.71. The Labute approximate surface area is 125 Å². The molecule has 2 aliphatic heterocycles. The van der Waals surface area contributed by atoms with E-state index in [0.29, 0.717) is 17.8 Å². The van der Waals surface area contributed by atoms with Gasteiger partial charge in [-0.05, 0) is 49.8 Å². The number of nitrogens with two attached hydrogens (primary N) is 1. The predicted octanol–water partition coefficient (Wildman–Crippen LogP) is 1.60. The average Bonchev–Trinajstić information content (AvgIpc) is 2.67. The summed E-state index contributed by atoms with van der Waals surface area (Å²) in [6, 6.07) is 8.43. The fourth-order valence-electron chi connectivity index (χ4n) is 3.88. The largest absolute Gasteiger partial charge is 0.508 e. The van der Waals surface area contributed by atoms with Gasteiger partial charge in [0.2, 0.25) is 0 Å². The van der Waals surface area contributed by atoms with E-state index in [1.807, 2.05) is 12.1 Å². The van der Waals surface area contributed by atoms with Crippen molar-refractivity contribution in [2.24, 2.45) is 5.73 Å². The first-order valence-corrected chi connectivity index (χ1v) is 7.71. The molecule has 114 valence electrons. The van der Waals surface area contributed by atoms with Crippen LogP contribution in [0.5, 0.6) is 5.75 Å². The molecule has 5 heteroatoms. The zero-order valence-electron chi connectivity index (χ0n) is 12.2. The van der Waals surface area contributed by atoms with Gasteiger partial charge in [-0.2, -0.15) is 0 Å². The smallest absolute Gasteiger partial charge is 0.312 e. The summed E-state index contributed by atoms with van der Waals surface area (Å²) < 4.78 is 0. The number of phenols is 1. The van der Waals surface area contributed by atoms with Crippen LogP contribution < -0.4 is 11.1 Å². The van der Waals surface area contributed by atoms with Crippen molar-refractivity contribution in [1.82, 2.24) is 10.2 Å². The lowest BCUT2D eigenvalue weighted by Crippen LogP contribution is -2.51. The molecule has 0 spiro atoms. The number of carbonyl (C=O) groups is 1. The molecule has 21 heavy (non-hydrogen) atoms. The molecule has 1 aromatic rings. The number of rotatable bonds is 4. The zero-order chi connectivity index (χ0) is 14.8. The van der Waals surface area contributed by atoms with E-state index in [9.17, 15) is 9.90 Å². The van der Waals surface area contributed by atoms with Crippen molar-refractivity contribution in [1.29, 1.82) is 0 Å². The third-order valence-corrected chi connectivity index (χ3v) is 4.83. The number of nitrogens with zero attached hydrogens (tertiary/aromatic N) is 1. The molecule has 2 fully saturated rings. The Hall–Kier alpha value is -1.75. The topological polar surface area (TPSA) is 78.6 Å². The van der Waals surface area contributed by atoms with E-state index >= 15 is 0 Å². The number of benzene rings is 1. The van der Waals surface area contributed by atoms with Gasteiger partial charge in [-0.25, -0.2) is 4.79 Å². The third-order valence-electron chi connectivity index (χ3n) is 4.83. The number of fused-ring (bicyclic) bond motifs is 2. The Kier molecular flexibility index (Phi) is 4.01. The third kappa shape index (κ3) is 3.29. The van der Waals surface area contributed by atoms with Crippen LogP contribution in [0.15, 0.2) is 24.3 Å². The predicted molar refractivity (Wildman–Crippen MR) is 81.1 cm³/mol. The SMILES string of the molecule is NC(=O)NC1C[C@H]2CC[C@@H](C1)N2CCc1ccc(O)cc1. The molecule has 2 bridgehead atoms. The Morgan fingerprint density at radius 1 is 1.24 bits per heavy atom. The van der Waals surface area contributed by atoms with E-state index in [0.717, 1.165) is 25.8 Å². The number of phenolic OH excluding ortho intramolecular Hbond substituents is 1. The molecule has 4 N–H and O–H groups in total. The highest BCUT2D eigenvalue weighted by Crippen LogP contribution is 2.35. The van der Waals surface area contributed by atoms with Crippen LogP contribution >= 0.6 is 0 Å². The van der Waals surface area contributed by atoms with E-state index in [1.165, 1.54) is 18.4 Å². The minimum atomic E-state index is -0.406. The molecule has 2 aliphatic rings. The normalized spacial score (nSPS) is 28.5. The van der Waals surface area contributed by atoms with Gasteiger partial charge in [0.1, 0.15) is 5.75 Å². The second kappa shape index (κ2) is 5.93. The van der Waals surface area contributed by atoms with E-state index in [4.69, 9.17) is 5.73 Å². The highest BCUT2D eigenvalue weighted by Gasteiger charge is 2.40. The van der Waals surface area contributed by atoms with Crippen LogP contribution in [0, 0.1) is 0 Å². The molecule has 0 aliphatic carbocycles. The fraction of sp³-hybridized carbons (Fsp3) is 0.562. The van der Waals surface area contributed by atoms with Crippen LogP contribution in [-0.2, 0) is 6.42 Å². The van der Waals surface area contributed by atoms with Crippen LogP contribution in [0.2, 0.25) is 0 Å². The molecule has 0 radical (unpaired) electrons. The van der Waals surface area contributed by atoms with Gasteiger partial charge in [0, 0.05) is 24.7 Å². The summed E-state index contributed by atoms with van der Waals surface area (Å²) in [4.78, 5) is 13.6. The summed E-state index contributed by atoms with van der Waals surface area (Å²) in [5.74, 6) is 0.317. The summed E-state index contributed by atoms with van der Waals surface area (Å²) in [7, 11) is 0. The molecular formula is C16H23N3O2. The molecule has 2 amide bonds. The summed E-state index contributed by atoms with van der Waals surface area (Å²) in [6.45, 7) is 1.05. The Morgan fingerprint density at radius 3 is 2.43 bits per heavy atom. The quantitative estimate of drug-likeness (QED) is 0.787. The standard InChI is InChI=1S/C16H23N3O2/c17-16(21)18-12-9-13-3-4-14(10-12)19(13)8-7-11-1-5-15(20)6-2-11/h1-2,5-6,12-14,20H,3-4,7-10H2,(H3,17,18,21)/t12?,13-,14+. The number of nitrogens with one attached hydrogen (secondary N) is 1. The zero-order valence-corrected chi connectivity index (χ0v) is 12.2.